The predicted octanol–water partition coefficient (Wildman–Crippen LogP) is 5.43. The highest BCUT2D eigenvalue weighted by Crippen LogP contribution is 2.48. The normalized spacial score (nSPS) is 28.8. The molecule has 1 saturated carbocycles. The molecule has 0 bridgehead atoms. The van der Waals surface area contributed by atoms with Gasteiger partial charge in [0.25, 0.3) is 0 Å². The molecular formula is C36H53N3O4. The van der Waals surface area contributed by atoms with Crippen LogP contribution in [-0.4, -0.2) is 71.7 Å². The van der Waals surface area contributed by atoms with Crippen molar-refractivity contribution in [2.24, 2.45) is 17.8 Å². The van der Waals surface area contributed by atoms with Crippen LogP contribution in [-0.2, 0) is 9.59 Å². The average Bonchev–Trinajstić information content (AvgIpc) is 3.53. The first kappa shape index (κ1) is 31.9. The van der Waals surface area contributed by atoms with Gasteiger partial charge in [0.2, 0.25) is 5.91 Å². The van der Waals surface area contributed by atoms with E-state index < -0.39 is 12.2 Å². The van der Waals surface area contributed by atoms with E-state index in [1.165, 1.54) is 22.4 Å². The standard InChI is InChI=1S/C36H53N3O4/c1-3-4-7-11-26(40)16-17-28-27(33(41)20-34(28)42)12-8-5-6-9-15-35(43)38-21-24-18-30-29-13-10-14-31-36(29)25(22-37-31)19-32(30)39(2)23-24/h10,13-14,16-18,24-28,32,34,37,40,42H,3-9,11-12,15,19-23H2,1-2H3,(H,38,43)/t24-,25?,26-,27+,28+,32+,34+/m0/s1. The maximum atomic E-state index is 12.7. The number of aliphatic hydroxyl groups is 2. The van der Waals surface area contributed by atoms with Crippen LogP contribution in [0.3, 0.4) is 0 Å². The van der Waals surface area contributed by atoms with Gasteiger partial charge in [0, 0.05) is 67.9 Å². The Kier molecular flexibility index (Phi) is 11.1. The Morgan fingerprint density at radius 1 is 1.19 bits per heavy atom. The lowest BCUT2D eigenvalue weighted by Crippen LogP contribution is -2.45. The SMILES string of the molecule is CCCCC[C@H](O)C=C[C@H]1[C@H](O)CC(=O)[C@@H]1CCCCCCC(=O)NC[C@@H]1C=C2c3cccc4c3C(CN4)C[C@H]2N(C)C1. The van der Waals surface area contributed by atoms with E-state index in [-0.39, 0.29) is 29.9 Å². The van der Waals surface area contributed by atoms with Gasteiger partial charge in [0.1, 0.15) is 5.78 Å². The molecule has 2 aliphatic carbocycles. The van der Waals surface area contributed by atoms with Crippen molar-refractivity contribution < 1.29 is 19.8 Å². The maximum Gasteiger partial charge on any atom is 0.220 e. The second kappa shape index (κ2) is 15.0. The first-order valence-electron chi connectivity index (χ1n) is 17.0. The number of unbranched alkanes of at least 4 members (excludes halogenated alkanes) is 5. The van der Waals surface area contributed by atoms with Crippen LogP contribution in [0.25, 0.3) is 5.57 Å². The van der Waals surface area contributed by atoms with Gasteiger partial charge >= 0.3 is 0 Å². The summed E-state index contributed by atoms with van der Waals surface area (Å²) < 4.78 is 0. The molecule has 1 amide bonds. The molecule has 2 aliphatic heterocycles. The summed E-state index contributed by atoms with van der Waals surface area (Å²) in [5, 5.41) is 27.4. The monoisotopic (exact) mass is 591 g/mol. The Labute approximate surface area is 258 Å². The minimum absolute atomic E-state index is 0.119. The van der Waals surface area contributed by atoms with Crippen LogP contribution in [0.1, 0.15) is 101 Å². The number of rotatable bonds is 15. The van der Waals surface area contributed by atoms with Crippen molar-refractivity contribution in [3.63, 3.8) is 0 Å². The van der Waals surface area contributed by atoms with E-state index >= 15 is 0 Å². The van der Waals surface area contributed by atoms with Crippen LogP contribution in [0, 0.1) is 17.8 Å². The van der Waals surface area contributed by atoms with Crippen LogP contribution >= 0.6 is 0 Å². The largest absolute Gasteiger partial charge is 0.392 e. The molecule has 4 aliphatic rings. The first-order valence-corrected chi connectivity index (χ1v) is 17.0. The number of nitrogens with one attached hydrogen (secondary N) is 2. The fourth-order valence-corrected chi connectivity index (χ4v) is 7.95. The van der Waals surface area contributed by atoms with Gasteiger partial charge in [-0.05, 0) is 55.5 Å². The van der Waals surface area contributed by atoms with Crippen LogP contribution < -0.4 is 10.6 Å². The van der Waals surface area contributed by atoms with Gasteiger partial charge in [-0.1, -0.05) is 75.8 Å². The Balaban J connectivity index is 1.01. The number of hydrogen-bond donors (Lipinski definition) is 4. The number of benzene rings is 1. The summed E-state index contributed by atoms with van der Waals surface area (Å²) in [4.78, 5) is 27.7. The van der Waals surface area contributed by atoms with Crippen LogP contribution in [0.2, 0.25) is 0 Å². The molecule has 236 valence electrons. The zero-order valence-corrected chi connectivity index (χ0v) is 26.3. The molecule has 43 heavy (non-hydrogen) atoms. The number of nitrogens with zero attached hydrogens (tertiary/aromatic N) is 1. The minimum Gasteiger partial charge on any atom is -0.392 e. The second-order valence-electron chi connectivity index (χ2n) is 13.5. The van der Waals surface area contributed by atoms with E-state index in [1.807, 2.05) is 6.08 Å². The van der Waals surface area contributed by atoms with E-state index in [4.69, 9.17) is 0 Å². The second-order valence-corrected chi connectivity index (χ2v) is 13.5. The highest BCUT2D eigenvalue weighted by atomic mass is 16.3. The zero-order valence-electron chi connectivity index (χ0n) is 26.3. The number of carbonyl (C=O) groups excluding carboxylic acids is 2. The van der Waals surface area contributed by atoms with Crippen LogP contribution in [0.5, 0.6) is 0 Å². The smallest absolute Gasteiger partial charge is 0.220 e. The number of carbonyl (C=O) groups is 2. The maximum absolute atomic E-state index is 12.7. The molecule has 1 aromatic carbocycles. The van der Waals surface area contributed by atoms with Gasteiger partial charge < -0.3 is 20.8 Å². The zero-order chi connectivity index (χ0) is 30.3. The molecule has 1 unspecified atom stereocenters. The van der Waals surface area contributed by atoms with Gasteiger partial charge in [-0.2, -0.15) is 0 Å². The third-order valence-electron chi connectivity index (χ3n) is 10.3. The highest BCUT2D eigenvalue weighted by Gasteiger charge is 2.40. The average molecular weight is 592 g/mol. The minimum atomic E-state index is -0.647. The van der Waals surface area contributed by atoms with Crippen molar-refractivity contribution in [1.29, 1.82) is 0 Å². The number of Topliss-reactive ketones (excluding diaryl/α,β-unsaturated/α-hetero) is 1. The molecule has 1 aromatic rings. The molecule has 2 heterocycles. The Morgan fingerprint density at radius 2 is 2.02 bits per heavy atom. The molecule has 7 heteroatoms. The molecular weight excluding hydrogens is 538 g/mol. The van der Waals surface area contributed by atoms with E-state index in [9.17, 15) is 19.8 Å². The summed E-state index contributed by atoms with van der Waals surface area (Å²) in [6, 6.07) is 7.08. The third-order valence-corrected chi connectivity index (χ3v) is 10.3. The van der Waals surface area contributed by atoms with Gasteiger partial charge in [0.15, 0.2) is 0 Å². The van der Waals surface area contributed by atoms with Crippen molar-refractivity contribution in [3.8, 4) is 0 Å². The predicted molar refractivity (Wildman–Crippen MR) is 173 cm³/mol. The molecule has 4 N–H and O–H groups in total. The number of aliphatic hydroxyl groups excluding tert-OH is 2. The molecule has 5 rings (SSSR count). The first-order chi connectivity index (χ1) is 20.9. The lowest BCUT2D eigenvalue weighted by atomic mass is 9.74. The topological polar surface area (TPSA) is 102 Å². The van der Waals surface area contributed by atoms with Gasteiger partial charge in [-0.25, -0.2) is 0 Å². The summed E-state index contributed by atoms with van der Waals surface area (Å²) in [5.41, 5.74) is 5.60. The van der Waals surface area contributed by atoms with Crippen molar-refractivity contribution in [2.75, 3.05) is 32.0 Å². The summed E-state index contributed by atoms with van der Waals surface area (Å²) in [6.07, 6.45) is 15.2. The molecule has 1 fully saturated rings. The summed E-state index contributed by atoms with van der Waals surface area (Å²) in [5.74, 6) is 0.794. The summed E-state index contributed by atoms with van der Waals surface area (Å²) in [6.45, 7) is 4.81. The van der Waals surface area contributed by atoms with Crippen LogP contribution in [0.4, 0.5) is 5.69 Å². The van der Waals surface area contributed by atoms with E-state index in [0.717, 1.165) is 77.3 Å². The Morgan fingerprint density at radius 3 is 2.86 bits per heavy atom. The lowest BCUT2D eigenvalue weighted by molar-refractivity contribution is -0.122. The summed E-state index contributed by atoms with van der Waals surface area (Å²) in [7, 11) is 2.22. The number of amides is 1. The lowest BCUT2D eigenvalue weighted by Gasteiger charge is -2.42. The van der Waals surface area contributed by atoms with Crippen molar-refractivity contribution in [2.45, 2.75) is 108 Å². The highest BCUT2D eigenvalue weighted by molar-refractivity contribution is 5.84. The number of fused-ring (bicyclic) bond motifs is 2. The van der Waals surface area contributed by atoms with Gasteiger partial charge in [0.05, 0.1) is 12.2 Å². The molecule has 0 saturated heterocycles. The van der Waals surface area contributed by atoms with Crippen molar-refractivity contribution >= 4 is 23.0 Å². The molecule has 0 spiro atoms. The van der Waals surface area contributed by atoms with Crippen molar-refractivity contribution in [3.05, 3.63) is 47.6 Å². The van der Waals surface area contributed by atoms with Gasteiger partial charge in [-0.3, -0.25) is 14.5 Å². The fourth-order valence-electron chi connectivity index (χ4n) is 7.95. The van der Waals surface area contributed by atoms with Gasteiger partial charge in [-0.15, -0.1) is 0 Å². The number of anilines is 1. The molecule has 0 aromatic heterocycles. The van der Waals surface area contributed by atoms with Crippen molar-refractivity contribution in [1.82, 2.24) is 10.2 Å². The molecule has 0 radical (unpaired) electrons. The van der Waals surface area contributed by atoms with E-state index in [2.05, 4.69) is 53.8 Å². The Bertz CT molecular complexity index is 1180. The molecule has 7 atom stereocenters. The quantitative estimate of drug-likeness (QED) is 0.160. The van der Waals surface area contributed by atoms with E-state index in [0.29, 0.717) is 30.8 Å². The third kappa shape index (κ3) is 7.79. The molecule has 7 nitrogen and oxygen atoms in total. The number of likely N-dealkylation sites (N-methyl/N-ethyl adjacent to an activating group) is 1. The fraction of sp³-hybridized carbons (Fsp3) is 0.667. The summed E-state index contributed by atoms with van der Waals surface area (Å²) >= 11 is 0. The van der Waals surface area contributed by atoms with E-state index in [1.54, 1.807) is 6.08 Å². The van der Waals surface area contributed by atoms with Crippen LogP contribution in [0.15, 0.2) is 36.4 Å². The number of hydrogen-bond acceptors (Lipinski definition) is 6. The number of ketones is 1. The Hall–Kier alpha value is -2.48.